The van der Waals surface area contributed by atoms with Gasteiger partial charge in [0.2, 0.25) is 0 Å². The largest absolute Gasteiger partial charge is 0.323 e. The van der Waals surface area contributed by atoms with E-state index >= 15 is 0 Å². The summed E-state index contributed by atoms with van der Waals surface area (Å²) in [6.45, 7) is 10.4. The van der Waals surface area contributed by atoms with Gasteiger partial charge in [0.15, 0.2) is 0 Å². The fraction of sp³-hybridized carbons (Fsp3) is 1.00. The summed E-state index contributed by atoms with van der Waals surface area (Å²) in [5, 5.41) is 0. The molecule has 4 nitrogen and oxygen atoms in total. The summed E-state index contributed by atoms with van der Waals surface area (Å²) in [6, 6.07) is 0. The Kier molecular flexibility index (Phi) is 14.9. The molecule has 1 N–H and O–H groups in total. The molecule has 0 saturated carbocycles. The van der Waals surface area contributed by atoms with Gasteiger partial charge in [-0.15, -0.1) is 0 Å². The second kappa shape index (κ2) is 15.0. The molecule has 0 fully saturated rings. The van der Waals surface area contributed by atoms with Crippen molar-refractivity contribution >= 4 is 10.1 Å². The molecule has 152 valence electrons. The van der Waals surface area contributed by atoms with Crippen LogP contribution in [0.3, 0.4) is 0 Å². The van der Waals surface area contributed by atoms with Crippen molar-refractivity contribution in [2.45, 2.75) is 97.8 Å². The van der Waals surface area contributed by atoms with Crippen LogP contribution in [0, 0.1) is 0 Å². The van der Waals surface area contributed by atoms with Gasteiger partial charge in [0.25, 0.3) is 10.1 Å². The van der Waals surface area contributed by atoms with Crippen molar-refractivity contribution in [1.82, 2.24) is 0 Å². The predicted octanol–water partition coefficient (Wildman–Crippen LogP) is 5.43. The van der Waals surface area contributed by atoms with Crippen molar-refractivity contribution in [3.63, 3.8) is 0 Å². The minimum Gasteiger partial charge on any atom is -0.323 e. The summed E-state index contributed by atoms with van der Waals surface area (Å²) in [6.07, 6.45) is 14.6. The Balaban J connectivity index is 4.85. The Morgan fingerprint density at radius 1 is 0.600 bits per heavy atom. The Morgan fingerprint density at radius 2 is 0.960 bits per heavy atom. The Morgan fingerprint density at radius 3 is 1.24 bits per heavy atom. The maximum Gasteiger partial charge on any atom is 0.270 e. The minimum atomic E-state index is -3.88. The van der Waals surface area contributed by atoms with E-state index in [1.165, 1.54) is 77.0 Å². The molecule has 0 radical (unpaired) electrons. The lowest BCUT2D eigenvalue weighted by Gasteiger charge is -2.39. The third-order valence-corrected chi connectivity index (χ3v) is 5.98. The van der Waals surface area contributed by atoms with Crippen molar-refractivity contribution in [3.05, 3.63) is 0 Å². The topological polar surface area (TPSA) is 54.4 Å². The van der Waals surface area contributed by atoms with Gasteiger partial charge in [0.05, 0.1) is 26.2 Å². The fourth-order valence-electron chi connectivity index (χ4n) is 3.60. The van der Waals surface area contributed by atoms with Gasteiger partial charge in [0.1, 0.15) is 5.75 Å². The van der Waals surface area contributed by atoms with E-state index in [4.69, 9.17) is 0 Å². The van der Waals surface area contributed by atoms with Gasteiger partial charge in [-0.1, -0.05) is 59.3 Å². The number of nitrogens with zero attached hydrogens (tertiary/aromatic N) is 1. The standard InChI is InChI=1S/C20H43NO3S/c1-4-7-10-13-16-21(17-14-11-8-5-2,18-15-12-9-6-3)19-20-25(22,23)24/h4-20H2,1-3H3/p+1. The van der Waals surface area contributed by atoms with Crippen molar-refractivity contribution in [1.29, 1.82) is 0 Å². The summed E-state index contributed by atoms with van der Waals surface area (Å²) in [5.74, 6) is -0.0949. The molecular weight excluding hydrogens is 334 g/mol. The first-order valence-electron chi connectivity index (χ1n) is 10.7. The van der Waals surface area contributed by atoms with E-state index in [9.17, 15) is 13.0 Å². The molecule has 0 heterocycles. The van der Waals surface area contributed by atoms with Crippen LogP contribution in [0.15, 0.2) is 0 Å². The van der Waals surface area contributed by atoms with Crippen LogP contribution >= 0.6 is 0 Å². The third-order valence-electron chi connectivity index (χ3n) is 5.28. The molecule has 0 spiro atoms. The van der Waals surface area contributed by atoms with Gasteiger partial charge in [0, 0.05) is 0 Å². The van der Waals surface area contributed by atoms with Crippen LogP contribution in [-0.4, -0.2) is 49.4 Å². The van der Waals surface area contributed by atoms with Crippen LogP contribution in [0.2, 0.25) is 0 Å². The highest BCUT2D eigenvalue weighted by molar-refractivity contribution is 7.85. The van der Waals surface area contributed by atoms with Crippen molar-refractivity contribution in [2.24, 2.45) is 0 Å². The molecule has 0 unspecified atom stereocenters. The third kappa shape index (κ3) is 14.7. The lowest BCUT2D eigenvalue weighted by molar-refractivity contribution is -0.926. The number of quaternary nitrogens is 1. The first-order chi connectivity index (χ1) is 11.9. The van der Waals surface area contributed by atoms with Crippen LogP contribution in [0.1, 0.15) is 97.8 Å². The summed E-state index contributed by atoms with van der Waals surface area (Å²) < 4.78 is 32.9. The molecule has 0 saturated heterocycles. The molecule has 0 aromatic heterocycles. The lowest BCUT2D eigenvalue weighted by Crippen LogP contribution is -2.52. The zero-order chi connectivity index (χ0) is 19.0. The highest BCUT2D eigenvalue weighted by Crippen LogP contribution is 2.18. The predicted molar refractivity (Wildman–Crippen MR) is 109 cm³/mol. The first kappa shape index (κ1) is 24.9. The average Bonchev–Trinajstić information content (AvgIpc) is 2.57. The van der Waals surface area contributed by atoms with Gasteiger partial charge in [-0.3, -0.25) is 4.55 Å². The van der Waals surface area contributed by atoms with Crippen molar-refractivity contribution < 1.29 is 17.5 Å². The molecule has 0 aromatic carbocycles. The summed E-state index contributed by atoms with van der Waals surface area (Å²) in [4.78, 5) is 0. The second-order valence-corrected chi connectivity index (χ2v) is 9.28. The van der Waals surface area contributed by atoms with E-state index in [1.807, 2.05) is 0 Å². The van der Waals surface area contributed by atoms with Gasteiger partial charge in [-0.25, -0.2) is 0 Å². The van der Waals surface area contributed by atoms with Crippen LogP contribution in [-0.2, 0) is 10.1 Å². The van der Waals surface area contributed by atoms with Crippen molar-refractivity contribution in [3.8, 4) is 0 Å². The normalized spacial score (nSPS) is 12.6. The molecule has 0 atom stereocenters. The summed E-state index contributed by atoms with van der Waals surface area (Å²) >= 11 is 0. The highest BCUT2D eigenvalue weighted by atomic mass is 32.2. The monoisotopic (exact) mass is 378 g/mol. The molecule has 0 bridgehead atoms. The number of unbranched alkanes of at least 4 members (excludes halogenated alkanes) is 9. The molecule has 25 heavy (non-hydrogen) atoms. The minimum absolute atomic E-state index is 0.0949. The van der Waals surface area contributed by atoms with E-state index in [0.29, 0.717) is 6.54 Å². The summed E-state index contributed by atoms with van der Waals surface area (Å²) in [7, 11) is -3.88. The number of hydrogen-bond donors (Lipinski definition) is 1. The highest BCUT2D eigenvalue weighted by Gasteiger charge is 2.28. The number of rotatable bonds is 18. The number of hydrogen-bond acceptors (Lipinski definition) is 2. The molecule has 0 aliphatic heterocycles. The van der Waals surface area contributed by atoms with Crippen molar-refractivity contribution in [2.75, 3.05) is 31.9 Å². The van der Waals surface area contributed by atoms with E-state index in [2.05, 4.69) is 20.8 Å². The van der Waals surface area contributed by atoms with Gasteiger partial charge < -0.3 is 4.48 Å². The fourth-order valence-corrected chi connectivity index (χ4v) is 4.22. The van der Waals surface area contributed by atoms with E-state index in [0.717, 1.165) is 24.1 Å². The summed E-state index contributed by atoms with van der Waals surface area (Å²) in [5.41, 5.74) is 0. The molecule has 0 aromatic rings. The smallest absolute Gasteiger partial charge is 0.270 e. The van der Waals surface area contributed by atoms with Crippen LogP contribution in [0.25, 0.3) is 0 Å². The van der Waals surface area contributed by atoms with Crippen LogP contribution in [0.4, 0.5) is 0 Å². The Bertz CT molecular complexity index is 364. The van der Waals surface area contributed by atoms with Gasteiger partial charge in [-0.2, -0.15) is 8.42 Å². The zero-order valence-corrected chi connectivity index (χ0v) is 18.0. The molecule has 0 rings (SSSR count). The molecule has 0 aliphatic rings. The quantitative estimate of drug-likeness (QED) is 0.196. The molecule has 0 amide bonds. The van der Waals surface area contributed by atoms with E-state index in [1.54, 1.807) is 0 Å². The Labute approximate surface area is 157 Å². The zero-order valence-electron chi connectivity index (χ0n) is 17.1. The molecule has 0 aliphatic carbocycles. The first-order valence-corrected chi connectivity index (χ1v) is 12.3. The van der Waals surface area contributed by atoms with Gasteiger partial charge >= 0.3 is 0 Å². The van der Waals surface area contributed by atoms with E-state index in [-0.39, 0.29) is 5.75 Å². The maximum atomic E-state index is 11.4. The molecular formula is C20H44NO3S+. The Hall–Kier alpha value is -0.130. The average molecular weight is 379 g/mol. The van der Waals surface area contributed by atoms with Crippen LogP contribution < -0.4 is 0 Å². The van der Waals surface area contributed by atoms with E-state index < -0.39 is 10.1 Å². The second-order valence-electron chi connectivity index (χ2n) is 7.70. The maximum absolute atomic E-state index is 11.4. The molecule has 5 heteroatoms. The van der Waals surface area contributed by atoms with Gasteiger partial charge in [-0.05, 0) is 38.5 Å². The van der Waals surface area contributed by atoms with Crippen LogP contribution in [0.5, 0.6) is 0 Å². The SMILES string of the molecule is CCCCCC[N+](CCCCCC)(CCCCCC)CCS(=O)(=O)O. The lowest BCUT2D eigenvalue weighted by atomic mass is 10.1.